The zero-order valence-electron chi connectivity index (χ0n) is 17.9. The van der Waals surface area contributed by atoms with E-state index in [1.54, 1.807) is 0 Å². The molecule has 5 rings (SSSR count). The number of nitrogens with zero attached hydrogens (tertiary/aromatic N) is 3. The predicted octanol–water partition coefficient (Wildman–Crippen LogP) is 4.06. The quantitative estimate of drug-likeness (QED) is 0.697. The molecule has 1 aliphatic carbocycles. The van der Waals surface area contributed by atoms with E-state index in [2.05, 4.69) is 41.4 Å². The van der Waals surface area contributed by atoms with Crippen LogP contribution in [0.15, 0.2) is 42.5 Å². The SMILES string of the molecule is CCOc1ccc2nc(N3CCC(NC4Cc5ccccc5C4)CC3)nc(C)c2c1. The van der Waals surface area contributed by atoms with Crippen LogP contribution in [0, 0.1) is 6.92 Å². The number of aryl methyl sites for hydroxylation is 1. The van der Waals surface area contributed by atoms with Crippen LogP contribution in [-0.2, 0) is 12.8 Å². The summed E-state index contributed by atoms with van der Waals surface area (Å²) in [5.41, 5.74) is 5.03. The second-order valence-corrected chi connectivity index (χ2v) is 8.52. The van der Waals surface area contributed by atoms with Crippen molar-refractivity contribution in [3.05, 3.63) is 59.3 Å². The first-order chi connectivity index (χ1) is 14.7. The molecule has 2 aromatic carbocycles. The highest BCUT2D eigenvalue weighted by atomic mass is 16.5. The average Bonchev–Trinajstić information content (AvgIpc) is 3.17. The van der Waals surface area contributed by atoms with Gasteiger partial charge in [-0.05, 0) is 68.9 Å². The number of benzene rings is 2. The molecule has 1 saturated heterocycles. The van der Waals surface area contributed by atoms with Crippen LogP contribution in [0.3, 0.4) is 0 Å². The van der Waals surface area contributed by atoms with E-state index in [9.17, 15) is 0 Å². The Kier molecular flexibility index (Phi) is 5.30. The van der Waals surface area contributed by atoms with E-state index in [0.29, 0.717) is 18.7 Å². The lowest BCUT2D eigenvalue weighted by molar-refractivity contribution is 0.340. The Morgan fingerprint density at radius 2 is 1.73 bits per heavy atom. The highest BCUT2D eigenvalue weighted by Gasteiger charge is 2.27. The summed E-state index contributed by atoms with van der Waals surface area (Å²) in [5.74, 6) is 1.74. The summed E-state index contributed by atoms with van der Waals surface area (Å²) < 4.78 is 5.63. The van der Waals surface area contributed by atoms with Crippen molar-refractivity contribution in [1.29, 1.82) is 0 Å². The minimum absolute atomic E-state index is 0.580. The van der Waals surface area contributed by atoms with Crippen LogP contribution in [0.25, 0.3) is 10.9 Å². The van der Waals surface area contributed by atoms with E-state index in [1.807, 2.05) is 25.1 Å². The third kappa shape index (κ3) is 3.86. The largest absolute Gasteiger partial charge is 0.494 e. The summed E-state index contributed by atoms with van der Waals surface area (Å²) in [6.07, 6.45) is 4.59. The van der Waals surface area contributed by atoms with E-state index in [-0.39, 0.29) is 0 Å². The number of fused-ring (bicyclic) bond motifs is 2. The fourth-order valence-corrected chi connectivity index (χ4v) is 4.90. The number of hydrogen-bond donors (Lipinski definition) is 1. The Morgan fingerprint density at radius 1 is 1.00 bits per heavy atom. The average molecular weight is 403 g/mol. The standard InChI is InChI=1S/C25H30N4O/c1-3-30-22-8-9-24-23(16-22)17(2)26-25(28-24)29-12-10-20(11-13-29)27-21-14-18-6-4-5-7-19(18)15-21/h4-9,16,20-21,27H,3,10-15H2,1-2H3. The van der Waals surface area contributed by atoms with Gasteiger partial charge in [0.1, 0.15) is 5.75 Å². The van der Waals surface area contributed by atoms with Crippen molar-refractivity contribution in [2.75, 3.05) is 24.6 Å². The Bertz CT molecular complexity index is 1020. The van der Waals surface area contributed by atoms with E-state index in [0.717, 1.165) is 67.1 Å². The lowest BCUT2D eigenvalue weighted by Gasteiger charge is -2.34. The third-order valence-electron chi connectivity index (χ3n) is 6.46. The lowest BCUT2D eigenvalue weighted by Crippen LogP contribution is -2.47. The maximum absolute atomic E-state index is 5.63. The monoisotopic (exact) mass is 402 g/mol. The summed E-state index contributed by atoms with van der Waals surface area (Å²) in [4.78, 5) is 12.0. The molecule has 1 aliphatic heterocycles. The summed E-state index contributed by atoms with van der Waals surface area (Å²) in [6, 6.07) is 16.1. The molecule has 0 spiro atoms. The summed E-state index contributed by atoms with van der Waals surface area (Å²) >= 11 is 0. The minimum atomic E-state index is 0.580. The topological polar surface area (TPSA) is 50.3 Å². The number of rotatable bonds is 5. The first-order valence-corrected chi connectivity index (χ1v) is 11.2. The van der Waals surface area contributed by atoms with Crippen LogP contribution in [-0.4, -0.2) is 41.7 Å². The smallest absolute Gasteiger partial charge is 0.226 e. The van der Waals surface area contributed by atoms with Gasteiger partial charge in [-0.1, -0.05) is 24.3 Å². The minimum Gasteiger partial charge on any atom is -0.494 e. The molecule has 2 aliphatic rings. The molecule has 2 heterocycles. The Hall–Kier alpha value is -2.66. The molecule has 5 nitrogen and oxygen atoms in total. The molecule has 1 fully saturated rings. The van der Waals surface area contributed by atoms with Gasteiger partial charge in [0, 0.05) is 30.6 Å². The van der Waals surface area contributed by atoms with Crippen molar-refractivity contribution < 1.29 is 4.74 Å². The molecule has 0 atom stereocenters. The maximum Gasteiger partial charge on any atom is 0.226 e. The molecule has 1 N–H and O–H groups in total. The van der Waals surface area contributed by atoms with Gasteiger partial charge in [-0.25, -0.2) is 9.97 Å². The molecule has 1 aromatic heterocycles. The summed E-state index contributed by atoms with van der Waals surface area (Å²) in [5, 5.41) is 4.99. The van der Waals surface area contributed by atoms with Gasteiger partial charge in [-0.15, -0.1) is 0 Å². The molecule has 3 aromatic rings. The molecular weight excluding hydrogens is 372 g/mol. The number of aromatic nitrogens is 2. The first kappa shape index (κ1) is 19.3. The van der Waals surface area contributed by atoms with Crippen LogP contribution in [0.5, 0.6) is 5.75 Å². The molecule has 0 unspecified atom stereocenters. The van der Waals surface area contributed by atoms with Gasteiger partial charge in [0.15, 0.2) is 0 Å². The zero-order chi connectivity index (χ0) is 20.5. The Labute approximate surface area is 178 Å². The van der Waals surface area contributed by atoms with Crippen molar-refractivity contribution in [2.24, 2.45) is 0 Å². The van der Waals surface area contributed by atoms with Gasteiger partial charge in [-0.2, -0.15) is 0 Å². The molecule has 156 valence electrons. The lowest BCUT2D eigenvalue weighted by atomic mass is 10.0. The first-order valence-electron chi connectivity index (χ1n) is 11.2. The highest BCUT2D eigenvalue weighted by molar-refractivity contribution is 5.83. The normalized spacial score (nSPS) is 17.5. The number of hydrogen-bond acceptors (Lipinski definition) is 5. The van der Waals surface area contributed by atoms with Gasteiger partial charge < -0.3 is 15.0 Å². The van der Waals surface area contributed by atoms with Gasteiger partial charge in [0.05, 0.1) is 17.8 Å². The van der Waals surface area contributed by atoms with Crippen LogP contribution < -0.4 is 15.0 Å². The maximum atomic E-state index is 5.63. The molecule has 30 heavy (non-hydrogen) atoms. The van der Waals surface area contributed by atoms with Crippen molar-refractivity contribution in [3.63, 3.8) is 0 Å². The van der Waals surface area contributed by atoms with Crippen LogP contribution >= 0.6 is 0 Å². The second-order valence-electron chi connectivity index (χ2n) is 8.52. The zero-order valence-corrected chi connectivity index (χ0v) is 17.9. The van der Waals surface area contributed by atoms with Crippen molar-refractivity contribution in [2.45, 2.75) is 51.6 Å². The van der Waals surface area contributed by atoms with Gasteiger partial charge >= 0.3 is 0 Å². The van der Waals surface area contributed by atoms with Crippen molar-refractivity contribution >= 4 is 16.9 Å². The van der Waals surface area contributed by atoms with Crippen LogP contribution in [0.4, 0.5) is 5.95 Å². The second kappa shape index (κ2) is 8.23. The number of piperidine rings is 1. The van der Waals surface area contributed by atoms with Gasteiger partial charge in [0.2, 0.25) is 5.95 Å². The van der Waals surface area contributed by atoms with Gasteiger partial charge in [-0.3, -0.25) is 0 Å². The predicted molar refractivity (Wildman–Crippen MR) is 121 cm³/mol. The highest BCUT2D eigenvalue weighted by Crippen LogP contribution is 2.26. The van der Waals surface area contributed by atoms with Crippen LogP contribution in [0.2, 0.25) is 0 Å². The Balaban J connectivity index is 1.22. The molecule has 0 amide bonds. The molecule has 0 bridgehead atoms. The fraction of sp³-hybridized carbons (Fsp3) is 0.440. The fourth-order valence-electron chi connectivity index (χ4n) is 4.90. The van der Waals surface area contributed by atoms with E-state index < -0.39 is 0 Å². The van der Waals surface area contributed by atoms with Crippen LogP contribution in [0.1, 0.15) is 36.6 Å². The molecular formula is C25H30N4O. The molecule has 5 heteroatoms. The van der Waals surface area contributed by atoms with E-state index in [4.69, 9.17) is 14.7 Å². The number of anilines is 1. The third-order valence-corrected chi connectivity index (χ3v) is 6.46. The molecule has 0 saturated carbocycles. The van der Waals surface area contributed by atoms with Crippen molar-refractivity contribution in [1.82, 2.24) is 15.3 Å². The van der Waals surface area contributed by atoms with E-state index >= 15 is 0 Å². The summed E-state index contributed by atoms with van der Waals surface area (Å²) in [6.45, 7) is 6.73. The Morgan fingerprint density at radius 3 is 2.43 bits per heavy atom. The van der Waals surface area contributed by atoms with Crippen molar-refractivity contribution in [3.8, 4) is 5.75 Å². The van der Waals surface area contributed by atoms with Gasteiger partial charge in [0.25, 0.3) is 0 Å². The number of ether oxygens (including phenoxy) is 1. The van der Waals surface area contributed by atoms with E-state index in [1.165, 1.54) is 11.1 Å². The summed E-state index contributed by atoms with van der Waals surface area (Å²) in [7, 11) is 0. The number of nitrogens with one attached hydrogen (secondary N) is 1. The molecule has 0 radical (unpaired) electrons.